The minimum Gasteiger partial charge on any atom is -0.393 e. The Morgan fingerprint density at radius 1 is 1.48 bits per heavy atom. The zero-order valence-corrected chi connectivity index (χ0v) is 11.9. The van der Waals surface area contributed by atoms with Crippen molar-refractivity contribution in [2.24, 2.45) is 0 Å². The van der Waals surface area contributed by atoms with Gasteiger partial charge in [-0.05, 0) is 30.9 Å². The molecule has 0 saturated heterocycles. The Morgan fingerprint density at radius 2 is 2.24 bits per heavy atom. The van der Waals surface area contributed by atoms with Crippen LogP contribution >= 0.6 is 0 Å². The second-order valence-corrected chi connectivity index (χ2v) is 5.11. The summed E-state index contributed by atoms with van der Waals surface area (Å²) in [5.74, 6) is -0.0799. The molecule has 7 heteroatoms. The number of nitro groups is 1. The summed E-state index contributed by atoms with van der Waals surface area (Å²) in [7, 11) is 0. The fourth-order valence-electron chi connectivity index (χ4n) is 2.29. The molecule has 0 fully saturated rings. The Kier molecular flexibility index (Phi) is 4.74. The van der Waals surface area contributed by atoms with Gasteiger partial charge in [-0.25, -0.2) is 0 Å². The lowest BCUT2D eigenvalue weighted by Gasteiger charge is -2.18. The van der Waals surface area contributed by atoms with Gasteiger partial charge in [0.05, 0.1) is 11.0 Å². The molecule has 0 radical (unpaired) electrons. The topological polar surface area (TPSA) is 104 Å². The fourth-order valence-corrected chi connectivity index (χ4v) is 2.29. The van der Waals surface area contributed by atoms with Crippen molar-refractivity contribution in [2.45, 2.75) is 38.7 Å². The lowest BCUT2D eigenvalue weighted by molar-refractivity contribution is -0.384. The number of anilines is 2. The maximum Gasteiger partial charge on any atom is 0.292 e. The Morgan fingerprint density at radius 3 is 2.90 bits per heavy atom. The molecule has 1 amide bonds. The van der Waals surface area contributed by atoms with E-state index in [1.54, 1.807) is 6.07 Å². The normalized spacial score (nSPS) is 15.0. The van der Waals surface area contributed by atoms with Gasteiger partial charge in [0.25, 0.3) is 5.69 Å². The van der Waals surface area contributed by atoms with Gasteiger partial charge in [0.1, 0.15) is 5.69 Å². The van der Waals surface area contributed by atoms with E-state index in [1.807, 2.05) is 6.92 Å². The number of amides is 1. The van der Waals surface area contributed by atoms with Crippen LogP contribution in [0.25, 0.3) is 0 Å². The van der Waals surface area contributed by atoms with Crippen molar-refractivity contribution in [3.8, 4) is 0 Å². The van der Waals surface area contributed by atoms with Crippen LogP contribution in [-0.4, -0.2) is 28.6 Å². The molecular formula is C14H19N3O4. The van der Waals surface area contributed by atoms with Crippen molar-refractivity contribution in [2.75, 3.05) is 17.2 Å². The number of carbonyl (C=O) groups excluding carboxylic acids is 1. The highest BCUT2D eigenvalue weighted by molar-refractivity contribution is 5.95. The third-order valence-corrected chi connectivity index (χ3v) is 3.58. The molecule has 0 bridgehead atoms. The van der Waals surface area contributed by atoms with Crippen LogP contribution < -0.4 is 10.6 Å². The van der Waals surface area contributed by atoms with E-state index >= 15 is 0 Å². The van der Waals surface area contributed by atoms with E-state index in [0.717, 1.165) is 5.56 Å². The third-order valence-electron chi connectivity index (χ3n) is 3.58. The number of nitrogens with zero attached hydrogens (tertiary/aromatic N) is 1. The number of aryl methyl sites for hydroxylation is 1. The standard InChI is InChI=1S/C14H19N3O4/c1-2-10(18)5-6-15-12-8-11-9(3-4-14(19)16-11)7-13(12)17(20)21/h7-8,10,15,18H,2-6H2,1H3,(H,16,19). The third kappa shape index (κ3) is 3.69. The van der Waals surface area contributed by atoms with Crippen LogP contribution in [0.15, 0.2) is 12.1 Å². The van der Waals surface area contributed by atoms with E-state index in [0.29, 0.717) is 43.6 Å². The molecule has 114 valence electrons. The van der Waals surface area contributed by atoms with E-state index in [2.05, 4.69) is 10.6 Å². The first-order valence-corrected chi connectivity index (χ1v) is 7.04. The number of nitrogens with one attached hydrogen (secondary N) is 2. The van der Waals surface area contributed by atoms with Crippen LogP contribution in [0.1, 0.15) is 31.7 Å². The SMILES string of the molecule is CCC(O)CCNc1cc2c(cc1[N+](=O)[O-])CCC(=O)N2. The van der Waals surface area contributed by atoms with Crippen LogP contribution in [0.2, 0.25) is 0 Å². The average Bonchev–Trinajstić information content (AvgIpc) is 2.45. The number of hydrogen-bond acceptors (Lipinski definition) is 5. The summed E-state index contributed by atoms with van der Waals surface area (Å²) < 4.78 is 0. The van der Waals surface area contributed by atoms with Crippen LogP contribution in [0.3, 0.4) is 0 Å². The van der Waals surface area contributed by atoms with E-state index in [4.69, 9.17) is 0 Å². The van der Waals surface area contributed by atoms with Crippen molar-refractivity contribution >= 4 is 23.0 Å². The van der Waals surface area contributed by atoms with Crippen LogP contribution in [0, 0.1) is 10.1 Å². The lowest BCUT2D eigenvalue weighted by atomic mass is 10.0. The van der Waals surface area contributed by atoms with Crippen LogP contribution in [-0.2, 0) is 11.2 Å². The molecule has 3 N–H and O–H groups in total. The van der Waals surface area contributed by atoms with Crippen molar-refractivity contribution < 1.29 is 14.8 Å². The molecule has 7 nitrogen and oxygen atoms in total. The number of benzene rings is 1. The number of aliphatic hydroxyl groups excluding tert-OH is 1. The lowest BCUT2D eigenvalue weighted by Crippen LogP contribution is -2.20. The average molecular weight is 293 g/mol. The van der Waals surface area contributed by atoms with E-state index in [-0.39, 0.29) is 11.6 Å². The van der Waals surface area contributed by atoms with Crippen molar-refractivity contribution in [3.05, 3.63) is 27.8 Å². The second kappa shape index (κ2) is 6.53. The Labute approximate surface area is 122 Å². The summed E-state index contributed by atoms with van der Waals surface area (Å²) in [4.78, 5) is 22.1. The molecule has 21 heavy (non-hydrogen) atoms. The molecule has 2 rings (SSSR count). The monoisotopic (exact) mass is 293 g/mol. The predicted octanol–water partition coefficient (Wildman–Crippen LogP) is 2.05. The Bertz CT molecular complexity index is 559. The largest absolute Gasteiger partial charge is 0.393 e. The molecule has 1 aromatic carbocycles. The summed E-state index contributed by atoms with van der Waals surface area (Å²) in [6, 6.07) is 3.11. The minimum atomic E-state index is -0.435. The van der Waals surface area contributed by atoms with Gasteiger partial charge in [-0.15, -0.1) is 0 Å². The molecule has 1 aromatic rings. The zero-order chi connectivity index (χ0) is 15.4. The molecule has 0 aromatic heterocycles. The van der Waals surface area contributed by atoms with E-state index < -0.39 is 11.0 Å². The summed E-state index contributed by atoms with van der Waals surface area (Å²) in [5.41, 5.74) is 1.76. The number of fused-ring (bicyclic) bond motifs is 1. The maximum atomic E-state index is 11.4. The summed E-state index contributed by atoms with van der Waals surface area (Å²) >= 11 is 0. The quantitative estimate of drug-likeness (QED) is 0.550. The summed E-state index contributed by atoms with van der Waals surface area (Å²) in [6.45, 7) is 2.31. The molecule has 1 aliphatic rings. The zero-order valence-electron chi connectivity index (χ0n) is 11.9. The highest BCUT2D eigenvalue weighted by Crippen LogP contribution is 2.34. The number of rotatable bonds is 6. The van der Waals surface area contributed by atoms with Gasteiger partial charge in [-0.1, -0.05) is 6.92 Å². The van der Waals surface area contributed by atoms with Gasteiger partial charge >= 0.3 is 0 Å². The first-order valence-electron chi connectivity index (χ1n) is 7.04. The molecule has 0 aliphatic carbocycles. The van der Waals surface area contributed by atoms with E-state index in [1.165, 1.54) is 6.07 Å². The summed E-state index contributed by atoms with van der Waals surface area (Å²) in [5, 5.41) is 26.4. The second-order valence-electron chi connectivity index (χ2n) is 5.11. The molecule has 0 spiro atoms. The smallest absolute Gasteiger partial charge is 0.292 e. The highest BCUT2D eigenvalue weighted by atomic mass is 16.6. The van der Waals surface area contributed by atoms with Gasteiger partial charge in [0, 0.05) is 24.7 Å². The van der Waals surface area contributed by atoms with E-state index in [9.17, 15) is 20.0 Å². The molecule has 1 aliphatic heterocycles. The number of hydrogen-bond donors (Lipinski definition) is 3. The van der Waals surface area contributed by atoms with Crippen LogP contribution in [0.5, 0.6) is 0 Å². The van der Waals surface area contributed by atoms with Gasteiger partial charge in [-0.2, -0.15) is 0 Å². The van der Waals surface area contributed by atoms with Gasteiger partial charge in [0.15, 0.2) is 0 Å². The first-order chi connectivity index (χ1) is 10.0. The molecule has 0 saturated carbocycles. The molecule has 1 unspecified atom stereocenters. The fraction of sp³-hybridized carbons (Fsp3) is 0.500. The van der Waals surface area contributed by atoms with Crippen molar-refractivity contribution in [1.82, 2.24) is 0 Å². The molecule has 1 atom stereocenters. The van der Waals surface area contributed by atoms with Gasteiger partial charge in [-0.3, -0.25) is 14.9 Å². The predicted molar refractivity (Wildman–Crippen MR) is 79.5 cm³/mol. The van der Waals surface area contributed by atoms with Crippen LogP contribution in [0.4, 0.5) is 17.1 Å². The van der Waals surface area contributed by atoms with Crippen molar-refractivity contribution in [3.63, 3.8) is 0 Å². The number of nitro benzene ring substituents is 1. The van der Waals surface area contributed by atoms with Gasteiger partial charge in [0.2, 0.25) is 5.91 Å². The summed E-state index contributed by atoms with van der Waals surface area (Å²) in [6.07, 6.45) is 1.59. The highest BCUT2D eigenvalue weighted by Gasteiger charge is 2.22. The minimum absolute atomic E-state index is 0.00381. The number of carbonyl (C=O) groups is 1. The maximum absolute atomic E-state index is 11.4. The first kappa shape index (κ1) is 15.2. The number of aliphatic hydroxyl groups is 1. The molecule has 1 heterocycles. The van der Waals surface area contributed by atoms with Crippen molar-refractivity contribution in [1.29, 1.82) is 0 Å². The Hall–Kier alpha value is -2.15. The van der Waals surface area contributed by atoms with Gasteiger partial charge < -0.3 is 15.7 Å². The Balaban J connectivity index is 2.19. The molecular weight excluding hydrogens is 274 g/mol.